The van der Waals surface area contributed by atoms with Crippen molar-refractivity contribution in [3.8, 4) is 0 Å². The number of alkyl halides is 3. The Morgan fingerprint density at radius 3 is 2.43 bits per heavy atom. The van der Waals surface area contributed by atoms with E-state index >= 15 is 0 Å². The third kappa shape index (κ3) is 3.35. The summed E-state index contributed by atoms with van der Waals surface area (Å²) < 4.78 is 40.2. The molecule has 2 heterocycles. The lowest BCUT2D eigenvalue weighted by Crippen LogP contribution is -2.51. The van der Waals surface area contributed by atoms with E-state index in [4.69, 9.17) is 0 Å². The van der Waals surface area contributed by atoms with E-state index in [1.807, 2.05) is 24.8 Å². The predicted molar refractivity (Wildman–Crippen MR) is 106 cm³/mol. The van der Waals surface area contributed by atoms with Crippen LogP contribution >= 0.6 is 12.4 Å². The van der Waals surface area contributed by atoms with Crippen molar-refractivity contribution >= 4 is 35.3 Å². The van der Waals surface area contributed by atoms with Crippen LogP contribution in [0, 0.1) is 10.6 Å². The Hall–Kier alpha value is -2.54. The van der Waals surface area contributed by atoms with Crippen LogP contribution < -0.4 is 4.90 Å². The van der Waals surface area contributed by atoms with E-state index in [1.54, 1.807) is 24.3 Å². The first-order valence-electron chi connectivity index (χ1n) is 8.61. The second kappa shape index (κ2) is 6.81. The maximum Gasteiger partial charge on any atom is 0.416 e. The third-order valence-corrected chi connectivity index (χ3v) is 4.77. The minimum absolute atomic E-state index is 0. The maximum atomic E-state index is 13.2. The van der Waals surface area contributed by atoms with Gasteiger partial charge in [0.25, 0.3) is 5.71 Å². The molecule has 2 aromatic rings. The smallest absolute Gasteiger partial charge is 0.416 e. The highest BCUT2D eigenvalue weighted by molar-refractivity contribution is 6.51. The number of hydrogen-bond donors (Lipinski definition) is 0. The molecule has 4 rings (SSSR count). The molecule has 2 aliphatic rings. The minimum atomic E-state index is -4.52. The topological polar surface area (TPSA) is 41.7 Å². The van der Waals surface area contributed by atoms with Crippen LogP contribution in [0.1, 0.15) is 25.0 Å². The predicted octanol–water partition coefficient (Wildman–Crippen LogP) is 5.02. The lowest BCUT2D eigenvalue weighted by molar-refractivity contribution is -0.358. The second-order valence-corrected chi connectivity index (χ2v) is 7.60. The van der Waals surface area contributed by atoms with Crippen molar-refractivity contribution in [2.45, 2.75) is 20.0 Å². The van der Waals surface area contributed by atoms with Crippen molar-refractivity contribution in [3.05, 3.63) is 64.9 Å². The average Bonchev–Trinajstić information content (AvgIpc) is 2.62. The van der Waals surface area contributed by atoms with Crippen molar-refractivity contribution in [3.63, 3.8) is 0 Å². The summed E-state index contributed by atoms with van der Waals surface area (Å²) in [7, 11) is 0. The molecule has 0 spiro atoms. The molecule has 0 saturated heterocycles. The molecule has 4 nitrogen and oxygen atoms in total. The van der Waals surface area contributed by atoms with Gasteiger partial charge in [0.05, 0.1) is 11.1 Å². The van der Waals surface area contributed by atoms with Gasteiger partial charge in [0.15, 0.2) is 0 Å². The first-order chi connectivity index (χ1) is 12.7. The highest BCUT2D eigenvalue weighted by Crippen LogP contribution is 2.41. The van der Waals surface area contributed by atoms with Gasteiger partial charge < -0.3 is 10.1 Å². The molecule has 0 aromatic heterocycles. The maximum absolute atomic E-state index is 13.2. The standard InChI is InChI=1S/C20H18F3N3O.ClH/c1-19(2)11-24-18-17(13-6-4-3-5-7-13)26(27)16-10-14(20(21,22)23)8-9-15(16)25(18)12-19;/h3-10H,11-12H2,1-2H3;1H. The zero-order valence-corrected chi connectivity index (χ0v) is 16.1. The summed E-state index contributed by atoms with van der Waals surface area (Å²) in [5.74, 6) is 0.503. The molecule has 28 heavy (non-hydrogen) atoms. The molecule has 0 amide bonds. The number of benzene rings is 2. The number of fused-ring (bicyclic) bond motifs is 3. The number of nitrogens with zero attached hydrogens (tertiary/aromatic N) is 3. The summed E-state index contributed by atoms with van der Waals surface area (Å²) in [5, 5.41) is 13.1. The van der Waals surface area contributed by atoms with Gasteiger partial charge in [-0.15, -0.1) is 12.4 Å². The monoisotopic (exact) mass is 409 g/mol. The van der Waals surface area contributed by atoms with E-state index in [0.717, 1.165) is 12.1 Å². The van der Waals surface area contributed by atoms with Crippen molar-refractivity contribution in [2.75, 3.05) is 18.0 Å². The van der Waals surface area contributed by atoms with Crippen LogP contribution in [0.15, 0.2) is 53.5 Å². The van der Waals surface area contributed by atoms with Crippen LogP contribution in [0.2, 0.25) is 0 Å². The van der Waals surface area contributed by atoms with Gasteiger partial charge in [0.1, 0.15) is 5.69 Å². The molecule has 0 N–H and O–H groups in total. The fourth-order valence-electron chi connectivity index (χ4n) is 3.47. The van der Waals surface area contributed by atoms with E-state index in [0.29, 0.717) is 34.9 Å². The van der Waals surface area contributed by atoms with Gasteiger partial charge in [-0.3, -0.25) is 4.99 Å². The molecule has 0 atom stereocenters. The lowest BCUT2D eigenvalue weighted by atomic mass is 9.89. The van der Waals surface area contributed by atoms with E-state index in [9.17, 15) is 18.4 Å². The van der Waals surface area contributed by atoms with Gasteiger partial charge in [0, 0.05) is 24.6 Å². The highest BCUT2D eigenvalue weighted by Gasteiger charge is 2.42. The van der Waals surface area contributed by atoms with Crippen LogP contribution in [0.25, 0.3) is 0 Å². The molecule has 0 unspecified atom stereocenters. The Kier molecular flexibility index (Phi) is 4.91. The van der Waals surface area contributed by atoms with E-state index in [1.165, 1.54) is 6.07 Å². The van der Waals surface area contributed by atoms with Crippen molar-refractivity contribution < 1.29 is 17.9 Å². The number of halogens is 4. The zero-order chi connectivity index (χ0) is 19.4. The summed E-state index contributed by atoms with van der Waals surface area (Å²) in [4.78, 5) is 6.48. The Bertz CT molecular complexity index is 968. The Morgan fingerprint density at radius 1 is 1.11 bits per heavy atom. The minimum Gasteiger partial charge on any atom is -0.618 e. The first-order valence-corrected chi connectivity index (χ1v) is 8.61. The normalized spacial score (nSPS) is 18.0. The Morgan fingerprint density at radius 2 is 1.79 bits per heavy atom. The number of aliphatic imine (C=N–C) groups is 1. The fourth-order valence-corrected chi connectivity index (χ4v) is 3.47. The number of hydrogen-bond acceptors (Lipinski definition) is 3. The van der Waals surface area contributed by atoms with Gasteiger partial charge in [-0.2, -0.15) is 17.9 Å². The van der Waals surface area contributed by atoms with Crippen molar-refractivity contribution in [1.82, 2.24) is 0 Å². The van der Waals surface area contributed by atoms with E-state index in [-0.39, 0.29) is 29.2 Å². The highest BCUT2D eigenvalue weighted by atomic mass is 35.5. The summed E-state index contributed by atoms with van der Waals surface area (Å²) in [5.41, 5.74) is 0.337. The molecule has 0 bridgehead atoms. The van der Waals surface area contributed by atoms with Crippen LogP contribution in [0.5, 0.6) is 0 Å². The van der Waals surface area contributed by atoms with E-state index < -0.39 is 11.7 Å². The molecule has 8 heteroatoms. The second-order valence-electron chi connectivity index (χ2n) is 7.60. The van der Waals surface area contributed by atoms with Crippen LogP contribution in [-0.4, -0.2) is 29.4 Å². The molecule has 148 valence electrons. The quantitative estimate of drug-likeness (QED) is 0.490. The lowest BCUT2D eigenvalue weighted by Gasteiger charge is -2.40. The number of anilines is 1. The molecule has 2 aliphatic heterocycles. The average molecular weight is 410 g/mol. The summed E-state index contributed by atoms with van der Waals surface area (Å²) in [6, 6.07) is 12.2. The molecule has 0 aliphatic carbocycles. The summed E-state index contributed by atoms with van der Waals surface area (Å²) >= 11 is 0. The Balaban J connectivity index is 0.00000225. The largest absolute Gasteiger partial charge is 0.618 e. The number of rotatable bonds is 1. The Labute approximate surface area is 167 Å². The molecule has 0 saturated carbocycles. The van der Waals surface area contributed by atoms with Gasteiger partial charge in [-0.25, -0.2) is 0 Å². The zero-order valence-electron chi connectivity index (χ0n) is 15.3. The van der Waals surface area contributed by atoms with Crippen molar-refractivity contribution in [1.29, 1.82) is 0 Å². The van der Waals surface area contributed by atoms with Crippen LogP contribution in [0.3, 0.4) is 0 Å². The third-order valence-electron chi connectivity index (χ3n) is 4.77. The molecule has 0 radical (unpaired) electrons. The van der Waals surface area contributed by atoms with Gasteiger partial charge >= 0.3 is 6.18 Å². The van der Waals surface area contributed by atoms with Gasteiger partial charge in [-0.1, -0.05) is 32.0 Å². The molecule has 2 aromatic carbocycles. The van der Waals surface area contributed by atoms with Crippen LogP contribution in [0.4, 0.5) is 24.5 Å². The number of amidine groups is 1. The molecular weight excluding hydrogens is 391 g/mol. The van der Waals surface area contributed by atoms with Gasteiger partial charge in [-0.05, 0) is 24.3 Å². The van der Waals surface area contributed by atoms with Crippen molar-refractivity contribution in [2.24, 2.45) is 10.4 Å². The molecular formula is C20H19ClF3N3O. The summed E-state index contributed by atoms with van der Waals surface area (Å²) in [6.07, 6.45) is -4.52. The van der Waals surface area contributed by atoms with E-state index in [2.05, 4.69) is 4.99 Å². The van der Waals surface area contributed by atoms with Gasteiger partial charge in [0.2, 0.25) is 11.5 Å². The first kappa shape index (κ1) is 20.2. The fraction of sp³-hybridized carbons (Fsp3) is 0.300. The summed E-state index contributed by atoms with van der Waals surface area (Å²) in [6.45, 7) is 5.19. The van der Waals surface area contributed by atoms with Crippen LogP contribution in [-0.2, 0) is 6.18 Å². The molecule has 0 fully saturated rings. The SMILES string of the molecule is CC1(C)CN=C2C(c3ccccc3)=[N+]([O-])c3cc(C(F)(F)F)ccc3N2C1.Cl.